The topological polar surface area (TPSA) is 80.0 Å². The molecule has 0 atom stereocenters. The maximum Gasteiger partial charge on any atom is 0.319 e. The molecule has 1 aromatic heterocycles. The van der Waals surface area contributed by atoms with Crippen LogP contribution < -0.4 is 10.6 Å². The molecule has 23 heavy (non-hydrogen) atoms. The predicted molar refractivity (Wildman–Crippen MR) is 95.6 cm³/mol. The molecular weight excluding hydrogens is 428 g/mol. The molecule has 2 rings (SSSR count). The summed E-state index contributed by atoms with van der Waals surface area (Å²) in [6, 6.07) is 5.33. The van der Waals surface area contributed by atoms with Gasteiger partial charge >= 0.3 is 6.03 Å². The van der Waals surface area contributed by atoms with E-state index in [-0.39, 0.29) is 11.9 Å². The summed E-state index contributed by atoms with van der Waals surface area (Å²) in [5.74, 6) is 1.57. The lowest BCUT2D eigenvalue weighted by Gasteiger charge is -2.09. The summed E-state index contributed by atoms with van der Waals surface area (Å²) >= 11 is 6.77. The van der Waals surface area contributed by atoms with E-state index in [1.165, 1.54) is 0 Å². The van der Waals surface area contributed by atoms with Crippen LogP contribution in [0.1, 0.15) is 37.9 Å². The monoisotopic (exact) mass is 444 g/mol. The van der Waals surface area contributed by atoms with Crippen LogP contribution in [0.5, 0.6) is 0 Å². The third-order valence-corrected chi connectivity index (χ3v) is 4.21. The van der Waals surface area contributed by atoms with Crippen molar-refractivity contribution in [2.24, 2.45) is 0 Å². The molecule has 6 nitrogen and oxygen atoms in total. The standard InChI is InChI=1S/C15H18Br2N4O2/c1-9(2)14-20-13(23-21-14)4-3-7-18-15(22)19-12-8-10(16)5-6-11(12)17/h5-6,8-9H,3-4,7H2,1-2H3,(H2,18,19,22). The third-order valence-electron chi connectivity index (χ3n) is 3.03. The van der Waals surface area contributed by atoms with E-state index in [0.717, 1.165) is 15.4 Å². The number of nitrogens with one attached hydrogen (secondary N) is 2. The fraction of sp³-hybridized carbons (Fsp3) is 0.400. The lowest BCUT2D eigenvalue weighted by molar-refractivity contribution is 0.251. The molecule has 2 amide bonds. The molecule has 0 spiro atoms. The number of hydrogen-bond acceptors (Lipinski definition) is 4. The average Bonchev–Trinajstić information content (AvgIpc) is 2.96. The molecule has 0 bridgehead atoms. The zero-order valence-corrected chi connectivity index (χ0v) is 16.1. The smallest absolute Gasteiger partial charge is 0.319 e. The van der Waals surface area contributed by atoms with E-state index in [0.29, 0.717) is 30.4 Å². The molecule has 0 fully saturated rings. The zero-order valence-electron chi connectivity index (χ0n) is 12.9. The molecule has 0 radical (unpaired) electrons. The number of halogens is 2. The highest BCUT2D eigenvalue weighted by molar-refractivity contribution is 9.11. The van der Waals surface area contributed by atoms with Gasteiger partial charge in [0.15, 0.2) is 5.82 Å². The van der Waals surface area contributed by atoms with E-state index in [4.69, 9.17) is 4.52 Å². The Morgan fingerprint density at radius 1 is 1.35 bits per heavy atom. The molecule has 1 heterocycles. The number of aryl methyl sites for hydroxylation is 1. The summed E-state index contributed by atoms with van der Waals surface area (Å²) in [6.07, 6.45) is 1.37. The maximum absolute atomic E-state index is 11.9. The largest absolute Gasteiger partial charge is 0.339 e. The maximum atomic E-state index is 11.9. The zero-order chi connectivity index (χ0) is 16.8. The molecule has 1 aromatic carbocycles. The van der Waals surface area contributed by atoms with Crippen LogP contribution in [0.2, 0.25) is 0 Å². The van der Waals surface area contributed by atoms with Crippen LogP contribution in [-0.4, -0.2) is 22.7 Å². The van der Waals surface area contributed by atoms with Crippen LogP contribution in [0, 0.1) is 0 Å². The van der Waals surface area contributed by atoms with Crippen molar-refractivity contribution in [3.63, 3.8) is 0 Å². The van der Waals surface area contributed by atoms with E-state index in [9.17, 15) is 4.79 Å². The number of carbonyl (C=O) groups excluding carboxylic acids is 1. The Morgan fingerprint density at radius 2 is 2.13 bits per heavy atom. The Labute approximate surface area is 151 Å². The molecule has 124 valence electrons. The van der Waals surface area contributed by atoms with Crippen molar-refractivity contribution in [3.05, 3.63) is 38.9 Å². The lowest BCUT2D eigenvalue weighted by Crippen LogP contribution is -2.29. The molecule has 0 aliphatic heterocycles. The molecular formula is C15H18Br2N4O2. The summed E-state index contributed by atoms with van der Waals surface area (Å²) in [7, 11) is 0. The van der Waals surface area contributed by atoms with Crippen LogP contribution in [0.3, 0.4) is 0 Å². The minimum atomic E-state index is -0.253. The normalized spacial score (nSPS) is 10.8. The van der Waals surface area contributed by atoms with E-state index < -0.39 is 0 Å². The van der Waals surface area contributed by atoms with Gasteiger partial charge in [-0.05, 0) is 40.5 Å². The van der Waals surface area contributed by atoms with Gasteiger partial charge in [0.05, 0.1) is 5.69 Å². The number of rotatable bonds is 6. The Balaban J connectivity index is 1.73. The first-order chi connectivity index (χ1) is 11.0. The van der Waals surface area contributed by atoms with Gasteiger partial charge in [0, 0.05) is 27.8 Å². The average molecular weight is 446 g/mol. The van der Waals surface area contributed by atoms with E-state index in [1.54, 1.807) is 0 Å². The Bertz CT molecular complexity index is 673. The van der Waals surface area contributed by atoms with Gasteiger partial charge in [-0.1, -0.05) is 34.9 Å². The SMILES string of the molecule is CC(C)c1noc(CCCNC(=O)Nc2cc(Br)ccc2Br)n1. The van der Waals surface area contributed by atoms with Crippen LogP contribution in [-0.2, 0) is 6.42 Å². The fourth-order valence-corrected chi connectivity index (χ4v) is 2.51. The second kappa shape index (κ2) is 8.44. The molecule has 0 aliphatic rings. The second-order valence-electron chi connectivity index (χ2n) is 5.31. The van der Waals surface area contributed by atoms with E-state index in [2.05, 4.69) is 52.6 Å². The number of nitrogens with zero attached hydrogens (tertiary/aromatic N) is 2. The van der Waals surface area contributed by atoms with Crippen molar-refractivity contribution in [2.75, 3.05) is 11.9 Å². The van der Waals surface area contributed by atoms with Gasteiger partial charge < -0.3 is 15.2 Å². The van der Waals surface area contributed by atoms with Crippen molar-refractivity contribution in [2.45, 2.75) is 32.6 Å². The Morgan fingerprint density at radius 3 is 2.83 bits per heavy atom. The number of amides is 2. The van der Waals surface area contributed by atoms with Crippen molar-refractivity contribution in [1.82, 2.24) is 15.5 Å². The number of benzene rings is 1. The van der Waals surface area contributed by atoms with Crippen molar-refractivity contribution in [3.8, 4) is 0 Å². The third kappa shape index (κ3) is 5.62. The Hall–Kier alpha value is -1.41. The van der Waals surface area contributed by atoms with E-state index in [1.807, 2.05) is 32.0 Å². The summed E-state index contributed by atoms with van der Waals surface area (Å²) in [5, 5.41) is 9.50. The second-order valence-corrected chi connectivity index (χ2v) is 7.08. The van der Waals surface area contributed by atoms with Crippen LogP contribution in [0.15, 0.2) is 31.7 Å². The molecule has 2 N–H and O–H groups in total. The minimum absolute atomic E-state index is 0.250. The number of hydrogen-bond donors (Lipinski definition) is 2. The molecule has 0 saturated carbocycles. The van der Waals surface area contributed by atoms with Gasteiger partial charge in [-0.2, -0.15) is 4.98 Å². The van der Waals surface area contributed by atoms with Crippen molar-refractivity contribution < 1.29 is 9.32 Å². The van der Waals surface area contributed by atoms with Crippen LogP contribution in [0.25, 0.3) is 0 Å². The first-order valence-electron chi connectivity index (χ1n) is 7.28. The molecule has 8 heteroatoms. The highest BCUT2D eigenvalue weighted by Gasteiger charge is 2.10. The first kappa shape index (κ1) is 17.9. The molecule has 0 saturated heterocycles. The minimum Gasteiger partial charge on any atom is -0.339 e. The number of carbonyl (C=O) groups is 1. The van der Waals surface area contributed by atoms with Gasteiger partial charge in [0.1, 0.15) is 0 Å². The van der Waals surface area contributed by atoms with Gasteiger partial charge in [0.2, 0.25) is 5.89 Å². The van der Waals surface area contributed by atoms with Crippen molar-refractivity contribution in [1.29, 1.82) is 0 Å². The molecule has 0 aliphatic carbocycles. The van der Waals surface area contributed by atoms with Gasteiger partial charge in [-0.25, -0.2) is 4.79 Å². The summed E-state index contributed by atoms with van der Waals surface area (Å²) in [4.78, 5) is 16.2. The highest BCUT2D eigenvalue weighted by atomic mass is 79.9. The van der Waals surface area contributed by atoms with Crippen LogP contribution in [0.4, 0.5) is 10.5 Å². The summed E-state index contributed by atoms with van der Waals surface area (Å²) < 4.78 is 6.88. The highest BCUT2D eigenvalue weighted by Crippen LogP contribution is 2.25. The van der Waals surface area contributed by atoms with Gasteiger partial charge in [-0.3, -0.25) is 0 Å². The van der Waals surface area contributed by atoms with E-state index >= 15 is 0 Å². The lowest BCUT2D eigenvalue weighted by atomic mass is 10.2. The summed E-state index contributed by atoms with van der Waals surface area (Å²) in [5.41, 5.74) is 0.704. The molecule has 2 aromatic rings. The van der Waals surface area contributed by atoms with Crippen molar-refractivity contribution >= 4 is 43.6 Å². The van der Waals surface area contributed by atoms with Gasteiger partial charge in [-0.15, -0.1) is 0 Å². The fourth-order valence-electron chi connectivity index (χ4n) is 1.81. The van der Waals surface area contributed by atoms with Crippen LogP contribution >= 0.6 is 31.9 Å². The predicted octanol–water partition coefficient (Wildman–Crippen LogP) is 4.47. The number of urea groups is 1. The van der Waals surface area contributed by atoms with Gasteiger partial charge in [0.25, 0.3) is 0 Å². The molecule has 0 unspecified atom stereocenters. The number of anilines is 1. The first-order valence-corrected chi connectivity index (χ1v) is 8.86. The quantitative estimate of drug-likeness (QED) is 0.642. The summed E-state index contributed by atoms with van der Waals surface area (Å²) in [6.45, 7) is 4.55. The Kier molecular flexibility index (Phi) is 6.59. The number of aromatic nitrogens is 2.